The zero-order valence-electron chi connectivity index (χ0n) is 20.3. The van der Waals surface area contributed by atoms with Crippen LogP contribution in [0, 0.1) is 5.82 Å². The van der Waals surface area contributed by atoms with Crippen LogP contribution in [0.3, 0.4) is 0 Å². The molecule has 4 rings (SSSR count). The standard InChI is InChI=1S/C26H32FN5O2S/c1-3-11-32(25(33)20-7-9-21(27)10-8-20)17-22-6-5-12-31(22)18-24-28-23(19-35-24)26(34)30-15-13-29(4-2)14-16-30/h5-10,12,19H,3-4,11,13-18H2,1-2H3. The second-order valence-corrected chi connectivity index (χ2v) is 9.66. The predicted octanol–water partition coefficient (Wildman–Crippen LogP) is 3.96. The molecule has 1 aromatic carbocycles. The van der Waals surface area contributed by atoms with E-state index in [1.807, 2.05) is 35.5 Å². The molecular weight excluding hydrogens is 465 g/mol. The Bertz CT molecular complexity index is 1130. The van der Waals surface area contributed by atoms with E-state index in [2.05, 4.69) is 21.4 Å². The average Bonchev–Trinajstić information content (AvgIpc) is 3.53. The molecule has 2 aromatic heterocycles. The second-order valence-electron chi connectivity index (χ2n) is 8.71. The van der Waals surface area contributed by atoms with Gasteiger partial charge in [-0.3, -0.25) is 9.59 Å². The lowest BCUT2D eigenvalue weighted by atomic mass is 10.2. The first kappa shape index (κ1) is 25.1. The number of likely N-dealkylation sites (N-methyl/N-ethyl adjacent to an activating group) is 1. The van der Waals surface area contributed by atoms with Gasteiger partial charge in [0.15, 0.2) is 0 Å². The SMILES string of the molecule is CCCN(Cc1cccn1Cc1nc(C(=O)N2CCN(CC)CC2)cs1)C(=O)c1ccc(F)cc1. The summed E-state index contributed by atoms with van der Waals surface area (Å²) >= 11 is 1.48. The summed E-state index contributed by atoms with van der Waals surface area (Å²) < 4.78 is 15.4. The van der Waals surface area contributed by atoms with Gasteiger partial charge in [0.05, 0.1) is 13.1 Å². The number of halogens is 1. The summed E-state index contributed by atoms with van der Waals surface area (Å²) in [6.07, 6.45) is 2.78. The van der Waals surface area contributed by atoms with Crippen molar-refractivity contribution in [3.8, 4) is 0 Å². The zero-order valence-corrected chi connectivity index (χ0v) is 21.1. The van der Waals surface area contributed by atoms with Crippen LogP contribution in [0.5, 0.6) is 0 Å². The maximum Gasteiger partial charge on any atom is 0.273 e. The monoisotopic (exact) mass is 497 g/mol. The highest BCUT2D eigenvalue weighted by atomic mass is 32.1. The number of piperazine rings is 1. The van der Waals surface area contributed by atoms with Gasteiger partial charge >= 0.3 is 0 Å². The largest absolute Gasteiger partial charge is 0.343 e. The molecule has 1 fully saturated rings. The van der Waals surface area contributed by atoms with Crippen LogP contribution in [0.2, 0.25) is 0 Å². The number of rotatable bonds is 9. The fourth-order valence-corrected chi connectivity index (χ4v) is 5.06. The minimum Gasteiger partial charge on any atom is -0.343 e. The van der Waals surface area contributed by atoms with E-state index in [1.54, 1.807) is 4.90 Å². The predicted molar refractivity (Wildman–Crippen MR) is 135 cm³/mol. The maximum absolute atomic E-state index is 13.3. The van der Waals surface area contributed by atoms with Crippen molar-refractivity contribution in [1.29, 1.82) is 0 Å². The summed E-state index contributed by atoms with van der Waals surface area (Å²) in [6.45, 7) is 10.0. The smallest absolute Gasteiger partial charge is 0.273 e. The molecule has 3 aromatic rings. The number of aromatic nitrogens is 2. The highest BCUT2D eigenvalue weighted by Crippen LogP contribution is 2.18. The van der Waals surface area contributed by atoms with Crippen LogP contribution >= 0.6 is 11.3 Å². The van der Waals surface area contributed by atoms with Crippen molar-refractivity contribution in [2.45, 2.75) is 33.4 Å². The normalized spacial score (nSPS) is 14.3. The van der Waals surface area contributed by atoms with E-state index in [4.69, 9.17) is 0 Å². The van der Waals surface area contributed by atoms with E-state index in [0.29, 0.717) is 30.9 Å². The Morgan fingerprint density at radius 3 is 2.51 bits per heavy atom. The summed E-state index contributed by atoms with van der Waals surface area (Å²) in [5, 5.41) is 2.69. The number of carbonyl (C=O) groups excluding carboxylic acids is 2. The first-order valence-corrected chi connectivity index (χ1v) is 13.0. The third-order valence-corrected chi connectivity index (χ3v) is 7.17. The fourth-order valence-electron chi connectivity index (χ4n) is 4.30. The summed E-state index contributed by atoms with van der Waals surface area (Å²) in [6, 6.07) is 9.61. The van der Waals surface area contributed by atoms with Gasteiger partial charge in [-0.05, 0) is 49.4 Å². The van der Waals surface area contributed by atoms with Gasteiger partial charge in [0.2, 0.25) is 0 Å². The third-order valence-electron chi connectivity index (χ3n) is 6.33. The van der Waals surface area contributed by atoms with Gasteiger partial charge < -0.3 is 19.3 Å². The molecule has 0 saturated carbocycles. The molecule has 0 unspecified atom stereocenters. The first-order valence-electron chi connectivity index (χ1n) is 12.1. The van der Waals surface area contributed by atoms with E-state index in [-0.39, 0.29) is 17.6 Å². The number of thiazole rings is 1. The van der Waals surface area contributed by atoms with Crippen molar-refractivity contribution in [1.82, 2.24) is 24.3 Å². The highest BCUT2D eigenvalue weighted by Gasteiger charge is 2.23. The highest BCUT2D eigenvalue weighted by molar-refractivity contribution is 7.09. The molecule has 0 aliphatic carbocycles. The topological polar surface area (TPSA) is 61.7 Å². The van der Waals surface area contributed by atoms with Crippen LogP contribution in [0.15, 0.2) is 48.0 Å². The van der Waals surface area contributed by atoms with E-state index < -0.39 is 0 Å². The molecular formula is C26H32FN5O2S. The van der Waals surface area contributed by atoms with E-state index in [0.717, 1.165) is 49.8 Å². The van der Waals surface area contributed by atoms with E-state index in [9.17, 15) is 14.0 Å². The molecule has 35 heavy (non-hydrogen) atoms. The minimum absolute atomic E-state index is 0.00463. The van der Waals surface area contributed by atoms with Gasteiger partial charge in [0, 0.05) is 55.6 Å². The van der Waals surface area contributed by atoms with Crippen molar-refractivity contribution in [3.05, 3.63) is 75.8 Å². The van der Waals surface area contributed by atoms with Crippen LogP contribution < -0.4 is 0 Å². The Hall–Kier alpha value is -3.04. The van der Waals surface area contributed by atoms with Gasteiger partial charge in [-0.15, -0.1) is 11.3 Å². The second kappa shape index (κ2) is 11.6. The first-order chi connectivity index (χ1) is 17.0. The number of hydrogen-bond acceptors (Lipinski definition) is 5. The molecule has 1 saturated heterocycles. The Balaban J connectivity index is 1.42. The van der Waals surface area contributed by atoms with Crippen molar-refractivity contribution < 1.29 is 14.0 Å². The third kappa shape index (κ3) is 6.15. The molecule has 0 spiro atoms. The molecule has 1 aliphatic heterocycles. The number of amides is 2. The number of nitrogens with zero attached hydrogens (tertiary/aromatic N) is 5. The molecule has 0 bridgehead atoms. The van der Waals surface area contributed by atoms with Gasteiger partial charge in [-0.2, -0.15) is 0 Å². The maximum atomic E-state index is 13.3. The molecule has 7 nitrogen and oxygen atoms in total. The Kier molecular flexibility index (Phi) is 8.30. The Morgan fingerprint density at radius 2 is 1.83 bits per heavy atom. The lowest BCUT2D eigenvalue weighted by molar-refractivity contribution is 0.0637. The van der Waals surface area contributed by atoms with Crippen molar-refractivity contribution in [2.75, 3.05) is 39.3 Å². The molecule has 0 atom stereocenters. The van der Waals surface area contributed by atoms with Crippen molar-refractivity contribution >= 4 is 23.2 Å². The zero-order chi connectivity index (χ0) is 24.8. The molecule has 2 amide bonds. The Labute approximate surface area is 209 Å². The summed E-state index contributed by atoms with van der Waals surface area (Å²) in [4.78, 5) is 36.6. The van der Waals surface area contributed by atoms with Crippen molar-refractivity contribution in [2.24, 2.45) is 0 Å². The number of benzene rings is 1. The van der Waals surface area contributed by atoms with E-state index >= 15 is 0 Å². The average molecular weight is 498 g/mol. The van der Waals surface area contributed by atoms with Crippen molar-refractivity contribution in [3.63, 3.8) is 0 Å². The molecule has 0 radical (unpaired) electrons. The molecule has 0 N–H and O–H groups in total. The lowest BCUT2D eigenvalue weighted by Gasteiger charge is -2.33. The molecule has 3 heterocycles. The van der Waals surface area contributed by atoms with Gasteiger partial charge in [-0.1, -0.05) is 13.8 Å². The van der Waals surface area contributed by atoms with Gasteiger partial charge in [-0.25, -0.2) is 9.37 Å². The van der Waals surface area contributed by atoms with Crippen LogP contribution in [0.4, 0.5) is 4.39 Å². The number of hydrogen-bond donors (Lipinski definition) is 0. The quantitative estimate of drug-likeness (QED) is 0.449. The molecule has 9 heteroatoms. The van der Waals surface area contributed by atoms with E-state index in [1.165, 1.54) is 35.6 Å². The summed E-state index contributed by atoms with van der Waals surface area (Å²) in [5.74, 6) is -0.484. The summed E-state index contributed by atoms with van der Waals surface area (Å²) in [5.41, 5.74) is 1.95. The van der Waals surface area contributed by atoms with Crippen LogP contribution in [0.25, 0.3) is 0 Å². The number of carbonyl (C=O) groups is 2. The van der Waals surface area contributed by atoms with Gasteiger partial charge in [0.1, 0.15) is 16.5 Å². The van der Waals surface area contributed by atoms with Crippen LogP contribution in [-0.2, 0) is 13.1 Å². The van der Waals surface area contributed by atoms with Crippen LogP contribution in [-0.4, -0.2) is 75.3 Å². The van der Waals surface area contributed by atoms with Gasteiger partial charge in [0.25, 0.3) is 11.8 Å². The summed E-state index contributed by atoms with van der Waals surface area (Å²) in [7, 11) is 0. The van der Waals surface area contributed by atoms with Crippen LogP contribution in [0.1, 0.15) is 51.8 Å². The molecule has 1 aliphatic rings. The Morgan fingerprint density at radius 1 is 1.09 bits per heavy atom. The fraction of sp³-hybridized carbons (Fsp3) is 0.423. The minimum atomic E-state index is -0.359. The molecule has 186 valence electrons. The lowest BCUT2D eigenvalue weighted by Crippen LogP contribution is -2.48.